The van der Waals surface area contributed by atoms with Gasteiger partial charge in [0.05, 0.1) is 17.7 Å². The van der Waals surface area contributed by atoms with Crippen molar-refractivity contribution in [2.75, 3.05) is 26.2 Å². The number of imide groups is 1. The van der Waals surface area contributed by atoms with E-state index in [-0.39, 0.29) is 30.1 Å². The number of nitrogens with zero attached hydrogens (tertiary/aromatic N) is 2. The van der Waals surface area contributed by atoms with Crippen molar-refractivity contribution >= 4 is 29.8 Å². The lowest BCUT2D eigenvalue weighted by Gasteiger charge is -2.35. The summed E-state index contributed by atoms with van der Waals surface area (Å²) in [6.45, 7) is 4.88. The molecule has 1 fully saturated rings. The van der Waals surface area contributed by atoms with Gasteiger partial charge < -0.3 is 19.7 Å². The molecule has 2 heterocycles. The number of carbonyl (C=O) groups is 5. The van der Waals surface area contributed by atoms with Gasteiger partial charge in [0.2, 0.25) is 5.91 Å². The van der Waals surface area contributed by atoms with Crippen LogP contribution in [0.5, 0.6) is 5.75 Å². The Bertz CT molecular complexity index is 1170. The highest BCUT2D eigenvalue weighted by Gasteiger charge is 2.42. The van der Waals surface area contributed by atoms with Gasteiger partial charge in [0.25, 0.3) is 17.7 Å². The molecule has 0 bridgehead atoms. The van der Waals surface area contributed by atoms with E-state index in [0.717, 1.165) is 4.90 Å². The van der Waals surface area contributed by atoms with Gasteiger partial charge in [-0.25, -0.2) is 4.79 Å². The number of hydrogen-bond acceptors (Lipinski definition) is 7. The second-order valence-corrected chi connectivity index (χ2v) is 8.99. The highest BCUT2D eigenvalue weighted by Crippen LogP contribution is 2.26. The largest absolute Gasteiger partial charge is 0.513 e. The lowest BCUT2D eigenvalue weighted by molar-refractivity contribution is -0.136. The number of amides is 4. The lowest BCUT2D eigenvalue weighted by Crippen LogP contribution is -2.51. The monoisotopic (exact) mass is 507 g/mol. The maximum Gasteiger partial charge on any atom is 0.513 e. The Morgan fingerprint density at radius 2 is 1.57 bits per heavy atom. The van der Waals surface area contributed by atoms with Crippen LogP contribution in [0.25, 0.3) is 0 Å². The van der Waals surface area contributed by atoms with Crippen molar-refractivity contribution in [1.82, 2.24) is 15.1 Å². The van der Waals surface area contributed by atoms with Gasteiger partial charge in [0.15, 0.2) is 0 Å². The average molecular weight is 508 g/mol. The van der Waals surface area contributed by atoms with E-state index >= 15 is 0 Å². The predicted molar refractivity (Wildman–Crippen MR) is 132 cm³/mol. The summed E-state index contributed by atoms with van der Waals surface area (Å²) in [5.41, 5.74) is 1.07. The Balaban J connectivity index is 1.24. The molecule has 37 heavy (non-hydrogen) atoms. The summed E-state index contributed by atoms with van der Waals surface area (Å²) in [5, 5.41) is 2.91. The fraction of sp³-hybridized carbons (Fsp3) is 0.370. The summed E-state index contributed by atoms with van der Waals surface area (Å²) < 4.78 is 9.70. The fourth-order valence-electron chi connectivity index (χ4n) is 4.55. The van der Waals surface area contributed by atoms with Crippen LogP contribution in [0, 0.1) is 5.92 Å². The van der Waals surface area contributed by atoms with Crippen molar-refractivity contribution in [2.45, 2.75) is 32.7 Å². The van der Waals surface area contributed by atoms with E-state index in [2.05, 4.69) is 5.32 Å². The fourth-order valence-corrected chi connectivity index (χ4v) is 4.55. The van der Waals surface area contributed by atoms with Crippen LogP contribution >= 0.6 is 0 Å². The van der Waals surface area contributed by atoms with Gasteiger partial charge in [0, 0.05) is 25.2 Å². The van der Waals surface area contributed by atoms with E-state index in [1.165, 1.54) is 12.1 Å². The van der Waals surface area contributed by atoms with E-state index in [9.17, 15) is 24.0 Å². The first kappa shape index (κ1) is 25.9. The number of hydrogen-bond donors (Lipinski definition) is 1. The highest BCUT2D eigenvalue weighted by molar-refractivity contribution is 6.22. The molecule has 10 nitrogen and oxygen atoms in total. The molecule has 4 amide bonds. The van der Waals surface area contributed by atoms with Crippen molar-refractivity contribution in [3.8, 4) is 5.75 Å². The third kappa shape index (κ3) is 5.63. The molecular formula is C27H29N3O7. The number of nitrogens with one attached hydrogen (secondary N) is 1. The van der Waals surface area contributed by atoms with Crippen molar-refractivity contribution in [3.63, 3.8) is 0 Å². The molecule has 1 saturated heterocycles. The molecule has 10 heteroatoms. The second-order valence-electron chi connectivity index (χ2n) is 8.99. The first-order chi connectivity index (χ1) is 17.8. The number of piperidine rings is 1. The molecule has 1 unspecified atom stereocenters. The summed E-state index contributed by atoms with van der Waals surface area (Å²) in [6, 6.07) is 11.8. The van der Waals surface area contributed by atoms with E-state index in [1.807, 2.05) is 0 Å². The number of carbonyl (C=O) groups excluding carboxylic acids is 5. The Morgan fingerprint density at radius 3 is 2.14 bits per heavy atom. The minimum absolute atomic E-state index is 0.189. The number of ether oxygens (including phenoxy) is 2. The topological polar surface area (TPSA) is 122 Å². The molecule has 2 aliphatic heterocycles. The zero-order valence-corrected chi connectivity index (χ0v) is 20.8. The van der Waals surface area contributed by atoms with Gasteiger partial charge in [-0.15, -0.1) is 0 Å². The molecule has 2 aromatic rings. The van der Waals surface area contributed by atoms with Crippen LogP contribution < -0.4 is 10.1 Å². The molecule has 2 aromatic carbocycles. The summed E-state index contributed by atoms with van der Waals surface area (Å²) in [4.78, 5) is 65.1. The number of fused-ring (bicyclic) bond motifs is 1. The molecule has 0 saturated carbocycles. The van der Waals surface area contributed by atoms with Crippen molar-refractivity contribution < 1.29 is 33.4 Å². The molecule has 1 atom stereocenters. The summed E-state index contributed by atoms with van der Waals surface area (Å²) in [5.74, 6) is -0.932. The molecule has 0 spiro atoms. The number of likely N-dealkylation sites (tertiary alicyclic amines) is 1. The molecule has 194 valence electrons. The van der Waals surface area contributed by atoms with Gasteiger partial charge in [-0.3, -0.25) is 24.1 Å². The Hall–Kier alpha value is -4.21. The number of benzene rings is 2. The molecule has 2 aliphatic rings. The Labute approximate surface area is 214 Å². The minimum Gasteiger partial charge on any atom is -0.434 e. The van der Waals surface area contributed by atoms with E-state index < -0.39 is 24.0 Å². The van der Waals surface area contributed by atoms with E-state index in [4.69, 9.17) is 9.47 Å². The quantitative estimate of drug-likeness (QED) is 0.347. The third-order valence-corrected chi connectivity index (χ3v) is 6.63. The number of rotatable bonds is 7. The van der Waals surface area contributed by atoms with Crippen LogP contribution in [-0.2, 0) is 9.53 Å². The zero-order chi connectivity index (χ0) is 26.5. The van der Waals surface area contributed by atoms with Crippen LogP contribution in [0.4, 0.5) is 4.79 Å². The van der Waals surface area contributed by atoms with Gasteiger partial charge in [-0.1, -0.05) is 12.1 Å². The Morgan fingerprint density at radius 1 is 0.973 bits per heavy atom. The lowest BCUT2D eigenvalue weighted by atomic mass is 9.96. The summed E-state index contributed by atoms with van der Waals surface area (Å²) in [7, 11) is 0. The third-order valence-electron chi connectivity index (χ3n) is 6.63. The maximum atomic E-state index is 13.1. The van der Waals surface area contributed by atoms with E-state index in [0.29, 0.717) is 49.2 Å². The molecule has 0 aliphatic carbocycles. The maximum absolute atomic E-state index is 13.1. The minimum atomic E-state index is -0.889. The van der Waals surface area contributed by atoms with Crippen LogP contribution in [0.3, 0.4) is 0 Å². The zero-order valence-electron chi connectivity index (χ0n) is 20.8. The molecular weight excluding hydrogens is 478 g/mol. The van der Waals surface area contributed by atoms with E-state index in [1.54, 1.807) is 55.1 Å². The van der Waals surface area contributed by atoms with Crippen LogP contribution in [0.2, 0.25) is 0 Å². The van der Waals surface area contributed by atoms with Crippen LogP contribution in [-0.4, -0.2) is 71.9 Å². The van der Waals surface area contributed by atoms with Crippen LogP contribution in [0.1, 0.15) is 57.8 Å². The molecule has 0 radical (unpaired) electrons. The molecule has 0 aromatic heterocycles. The van der Waals surface area contributed by atoms with Gasteiger partial charge in [0.1, 0.15) is 11.8 Å². The summed E-state index contributed by atoms with van der Waals surface area (Å²) in [6.07, 6.45) is 0.572. The van der Waals surface area contributed by atoms with Gasteiger partial charge >= 0.3 is 6.16 Å². The predicted octanol–water partition coefficient (Wildman–Crippen LogP) is 2.88. The van der Waals surface area contributed by atoms with Gasteiger partial charge in [-0.05, 0) is 69.0 Å². The first-order valence-electron chi connectivity index (χ1n) is 12.3. The van der Waals surface area contributed by atoms with Gasteiger partial charge in [-0.2, -0.15) is 0 Å². The second kappa shape index (κ2) is 11.2. The highest BCUT2D eigenvalue weighted by atomic mass is 16.7. The van der Waals surface area contributed by atoms with Crippen molar-refractivity contribution in [2.24, 2.45) is 5.92 Å². The average Bonchev–Trinajstić information content (AvgIpc) is 3.17. The molecule has 4 rings (SSSR count). The standard InChI is InChI=1S/C27H29N3O7/c1-3-36-27(35)37-20-10-8-19(9-11-20)23(31)28-16-18-12-14-29(15-13-18)24(32)17(2)30-25(33)21-6-4-5-7-22(21)26(30)34/h4-11,17-18H,3,12-16H2,1-2H3,(H,28,31). The van der Waals surface area contributed by atoms with Crippen LogP contribution in [0.15, 0.2) is 48.5 Å². The Kier molecular flexibility index (Phi) is 7.86. The SMILES string of the molecule is CCOC(=O)Oc1ccc(C(=O)NCC2CCN(C(=O)C(C)N3C(=O)c4ccccc4C3=O)CC2)cc1. The van der Waals surface area contributed by atoms with Crippen molar-refractivity contribution in [1.29, 1.82) is 0 Å². The first-order valence-corrected chi connectivity index (χ1v) is 12.3. The van der Waals surface area contributed by atoms with Crippen molar-refractivity contribution in [3.05, 3.63) is 65.2 Å². The normalized spacial score (nSPS) is 16.3. The molecule has 1 N–H and O–H groups in total. The summed E-state index contributed by atoms with van der Waals surface area (Å²) >= 11 is 0. The smallest absolute Gasteiger partial charge is 0.434 e.